The fourth-order valence-corrected chi connectivity index (χ4v) is 2.94. The molecule has 0 saturated carbocycles. The molecular weight excluding hydrogens is 434 g/mol. The molecule has 1 amide bonds. The molecule has 0 aliphatic carbocycles. The highest BCUT2D eigenvalue weighted by atomic mass is 19.4. The molecule has 3 aromatic heterocycles. The number of carbonyl (C=O) groups is 1. The van der Waals surface area contributed by atoms with Crippen LogP contribution in [0.4, 0.5) is 28.2 Å². The van der Waals surface area contributed by atoms with Crippen molar-refractivity contribution in [2.75, 3.05) is 12.4 Å². The molecule has 4 rings (SSSR count). The molecule has 0 unspecified atom stereocenters. The van der Waals surface area contributed by atoms with E-state index < -0.39 is 23.7 Å². The van der Waals surface area contributed by atoms with Crippen LogP contribution in [-0.2, 0) is 12.7 Å². The average molecular weight is 449 g/mol. The number of hydrogen-bond donors (Lipinski definition) is 3. The van der Waals surface area contributed by atoms with Gasteiger partial charge in [-0.15, -0.1) is 0 Å². The molecule has 0 aliphatic heterocycles. The molecule has 0 saturated heterocycles. The highest BCUT2D eigenvalue weighted by molar-refractivity contribution is 5.98. The number of nitrogens with zero attached hydrogens (tertiary/aromatic N) is 4. The Hall–Kier alpha value is -4.00. The maximum atomic E-state index is 15.0. The molecule has 0 atom stereocenters. The molecule has 9 nitrogen and oxygen atoms in total. The SMILES string of the molecule is CNCc1cc(Oc2ccc3c(ccn3C(=O)Nc3cc(C(F)(F)F)[nH]n3)c2F)ncn1. The second kappa shape index (κ2) is 8.26. The van der Waals surface area contributed by atoms with Gasteiger partial charge in [-0.05, 0) is 25.2 Å². The van der Waals surface area contributed by atoms with Gasteiger partial charge in [0.05, 0.1) is 11.2 Å². The van der Waals surface area contributed by atoms with Crippen molar-refractivity contribution in [3.63, 3.8) is 0 Å². The molecule has 0 aliphatic rings. The highest BCUT2D eigenvalue weighted by Gasteiger charge is 2.33. The summed E-state index contributed by atoms with van der Waals surface area (Å²) >= 11 is 0. The minimum absolute atomic E-state index is 0.0696. The lowest BCUT2D eigenvalue weighted by Crippen LogP contribution is -2.18. The number of hydrogen-bond acceptors (Lipinski definition) is 6. The summed E-state index contributed by atoms with van der Waals surface area (Å²) in [6.45, 7) is 0.471. The van der Waals surface area contributed by atoms with E-state index in [1.807, 2.05) is 0 Å². The van der Waals surface area contributed by atoms with Crippen LogP contribution in [0.15, 0.2) is 42.9 Å². The van der Waals surface area contributed by atoms with Crippen LogP contribution in [0.5, 0.6) is 11.6 Å². The zero-order chi connectivity index (χ0) is 22.9. The number of halogens is 4. The van der Waals surface area contributed by atoms with Crippen LogP contribution in [-0.4, -0.2) is 37.8 Å². The lowest BCUT2D eigenvalue weighted by atomic mass is 10.2. The van der Waals surface area contributed by atoms with Gasteiger partial charge >= 0.3 is 12.2 Å². The van der Waals surface area contributed by atoms with E-state index in [0.717, 1.165) is 4.57 Å². The van der Waals surface area contributed by atoms with Crippen molar-refractivity contribution in [2.24, 2.45) is 0 Å². The van der Waals surface area contributed by atoms with Crippen molar-refractivity contribution >= 4 is 22.8 Å². The number of benzene rings is 1. The third-order valence-corrected chi connectivity index (χ3v) is 4.38. The first-order valence-corrected chi connectivity index (χ1v) is 9.13. The number of aromatic amines is 1. The third kappa shape index (κ3) is 4.23. The summed E-state index contributed by atoms with van der Waals surface area (Å²) in [7, 11) is 1.75. The van der Waals surface area contributed by atoms with Crippen molar-refractivity contribution in [2.45, 2.75) is 12.7 Å². The molecular formula is C19H15F4N7O2. The fraction of sp³-hybridized carbons (Fsp3) is 0.158. The summed E-state index contributed by atoms with van der Waals surface area (Å²) < 4.78 is 59.5. The predicted molar refractivity (Wildman–Crippen MR) is 105 cm³/mol. The van der Waals surface area contributed by atoms with Crippen LogP contribution >= 0.6 is 0 Å². The smallest absolute Gasteiger partial charge is 0.432 e. The molecule has 13 heteroatoms. The van der Waals surface area contributed by atoms with Gasteiger partial charge in [0.2, 0.25) is 5.88 Å². The second-order valence-electron chi connectivity index (χ2n) is 6.57. The van der Waals surface area contributed by atoms with E-state index in [0.29, 0.717) is 18.3 Å². The summed E-state index contributed by atoms with van der Waals surface area (Å²) in [5.41, 5.74) is -0.285. The molecule has 166 valence electrons. The van der Waals surface area contributed by atoms with Crippen molar-refractivity contribution in [3.8, 4) is 11.6 Å². The van der Waals surface area contributed by atoms with Crippen molar-refractivity contribution < 1.29 is 27.1 Å². The van der Waals surface area contributed by atoms with Crippen LogP contribution in [0.1, 0.15) is 11.4 Å². The Labute approximate surface area is 177 Å². The van der Waals surface area contributed by atoms with Gasteiger partial charge in [0, 0.05) is 30.3 Å². The summed E-state index contributed by atoms with van der Waals surface area (Å²) in [5, 5.41) is 10.4. The first-order chi connectivity index (χ1) is 15.3. The number of amides is 1. The number of ether oxygens (including phenoxy) is 1. The predicted octanol–water partition coefficient (Wildman–Crippen LogP) is 3.90. The molecule has 0 fully saturated rings. The number of aromatic nitrogens is 5. The van der Waals surface area contributed by atoms with Crippen LogP contribution in [0.2, 0.25) is 0 Å². The number of carbonyl (C=O) groups excluding carboxylic acids is 1. The lowest BCUT2D eigenvalue weighted by Gasteiger charge is -2.09. The van der Waals surface area contributed by atoms with E-state index in [1.165, 1.54) is 30.7 Å². The minimum Gasteiger partial charge on any atom is -0.436 e. The number of alkyl halides is 3. The quantitative estimate of drug-likeness (QED) is 0.399. The van der Waals surface area contributed by atoms with Crippen molar-refractivity contribution in [1.29, 1.82) is 0 Å². The molecule has 0 spiro atoms. The first-order valence-electron chi connectivity index (χ1n) is 9.13. The van der Waals surface area contributed by atoms with Gasteiger partial charge in [-0.3, -0.25) is 15.0 Å². The van der Waals surface area contributed by atoms with Crippen molar-refractivity contribution in [1.82, 2.24) is 30.0 Å². The zero-order valence-corrected chi connectivity index (χ0v) is 16.4. The Morgan fingerprint density at radius 3 is 2.75 bits per heavy atom. The van der Waals surface area contributed by atoms with Gasteiger partial charge in [0.15, 0.2) is 17.4 Å². The van der Waals surface area contributed by atoms with Crippen LogP contribution in [0, 0.1) is 5.82 Å². The summed E-state index contributed by atoms with van der Waals surface area (Å²) in [6, 6.07) is 5.49. The largest absolute Gasteiger partial charge is 0.436 e. The van der Waals surface area contributed by atoms with Gasteiger partial charge in [-0.1, -0.05) is 0 Å². The normalized spacial score (nSPS) is 11.7. The maximum absolute atomic E-state index is 15.0. The van der Waals surface area contributed by atoms with Crippen LogP contribution in [0.25, 0.3) is 10.9 Å². The van der Waals surface area contributed by atoms with E-state index in [2.05, 4.69) is 25.7 Å². The topological polar surface area (TPSA) is 110 Å². The molecule has 0 radical (unpaired) electrons. The van der Waals surface area contributed by atoms with Crippen molar-refractivity contribution in [3.05, 3.63) is 60.1 Å². The van der Waals surface area contributed by atoms with E-state index in [4.69, 9.17) is 4.74 Å². The molecule has 0 bridgehead atoms. The molecule has 3 heterocycles. The molecule has 4 aromatic rings. The summed E-state index contributed by atoms with van der Waals surface area (Å²) in [6.07, 6.45) is -2.06. The van der Waals surface area contributed by atoms with Gasteiger partial charge in [0.1, 0.15) is 12.0 Å². The minimum atomic E-state index is -4.63. The number of nitrogens with one attached hydrogen (secondary N) is 3. The van der Waals surface area contributed by atoms with E-state index >= 15 is 0 Å². The van der Waals surface area contributed by atoms with Gasteiger partial charge in [-0.2, -0.15) is 18.3 Å². The first kappa shape index (κ1) is 21.2. The Kier molecular flexibility index (Phi) is 5.48. The van der Waals surface area contributed by atoms with E-state index in [9.17, 15) is 22.4 Å². The van der Waals surface area contributed by atoms with E-state index in [-0.39, 0.29) is 28.4 Å². The second-order valence-corrected chi connectivity index (χ2v) is 6.57. The number of H-pyrrole nitrogens is 1. The lowest BCUT2D eigenvalue weighted by molar-refractivity contribution is -0.141. The summed E-state index contributed by atoms with van der Waals surface area (Å²) in [4.78, 5) is 20.5. The standard InChI is InChI=1S/C19H15F4N7O2/c1-24-8-10-6-16(26-9-25-10)32-13-3-2-12-11(17(13)20)4-5-30(12)18(31)27-15-7-14(28-29-15)19(21,22)23/h2-7,9,24H,8H2,1H3,(H2,27,28,29,31). The molecule has 3 N–H and O–H groups in total. The number of anilines is 1. The Bertz CT molecular complexity index is 1280. The van der Waals surface area contributed by atoms with E-state index in [1.54, 1.807) is 18.2 Å². The van der Waals surface area contributed by atoms with Gasteiger partial charge in [0.25, 0.3) is 0 Å². The van der Waals surface area contributed by atoms with Crippen LogP contribution in [0.3, 0.4) is 0 Å². The number of fused-ring (bicyclic) bond motifs is 1. The fourth-order valence-electron chi connectivity index (χ4n) is 2.94. The van der Waals surface area contributed by atoms with Gasteiger partial charge < -0.3 is 10.1 Å². The summed E-state index contributed by atoms with van der Waals surface area (Å²) in [5.74, 6) is -1.04. The Balaban J connectivity index is 1.56. The Morgan fingerprint density at radius 2 is 2.03 bits per heavy atom. The molecule has 32 heavy (non-hydrogen) atoms. The maximum Gasteiger partial charge on any atom is 0.432 e. The van der Waals surface area contributed by atoms with Gasteiger partial charge in [-0.25, -0.2) is 19.2 Å². The molecule has 1 aromatic carbocycles. The van der Waals surface area contributed by atoms with Crippen LogP contribution < -0.4 is 15.4 Å². The average Bonchev–Trinajstić information content (AvgIpc) is 3.38. The Morgan fingerprint density at radius 1 is 1.22 bits per heavy atom. The highest BCUT2D eigenvalue weighted by Crippen LogP contribution is 2.31. The third-order valence-electron chi connectivity index (χ3n) is 4.38. The zero-order valence-electron chi connectivity index (χ0n) is 16.4. The monoisotopic (exact) mass is 449 g/mol. The number of rotatable bonds is 5.